The lowest BCUT2D eigenvalue weighted by Crippen LogP contribution is -2.30. The minimum absolute atomic E-state index is 0.313. The molecule has 0 radical (unpaired) electrons. The van der Waals surface area contributed by atoms with Crippen LogP contribution in [0.25, 0.3) is 0 Å². The van der Waals surface area contributed by atoms with Gasteiger partial charge in [-0.1, -0.05) is 20.8 Å². The third kappa shape index (κ3) is 3.00. The molecule has 0 heterocycles. The number of hydrogen-bond donors (Lipinski definition) is 1. The number of rotatable bonds is 4. The summed E-state index contributed by atoms with van der Waals surface area (Å²) < 4.78 is 0. The summed E-state index contributed by atoms with van der Waals surface area (Å²) in [6.07, 6.45) is 7.38. The first-order chi connectivity index (χ1) is 9.98. The van der Waals surface area contributed by atoms with Crippen LogP contribution < -0.4 is 0 Å². The fourth-order valence-electron chi connectivity index (χ4n) is 4.28. The molecule has 0 amide bonds. The van der Waals surface area contributed by atoms with Gasteiger partial charge in [0.05, 0.1) is 6.04 Å². The number of phenolic OH excluding ortho intramolecular Hbond substituents is 1. The van der Waals surface area contributed by atoms with Gasteiger partial charge < -0.3 is 5.11 Å². The molecule has 2 heteroatoms. The molecule has 0 aliphatic heterocycles. The molecule has 0 bridgehead atoms. The maximum atomic E-state index is 9.32. The van der Waals surface area contributed by atoms with E-state index in [0.29, 0.717) is 23.1 Å². The van der Waals surface area contributed by atoms with E-state index < -0.39 is 0 Å². The molecular weight excluding hydrogens is 258 g/mol. The van der Waals surface area contributed by atoms with Gasteiger partial charge in [0.25, 0.3) is 0 Å². The Labute approximate surface area is 128 Å². The van der Waals surface area contributed by atoms with E-state index in [0.717, 1.165) is 17.4 Å². The smallest absolute Gasteiger partial charge is 0.115 e. The zero-order valence-corrected chi connectivity index (χ0v) is 13.4. The van der Waals surface area contributed by atoms with Crippen LogP contribution in [0.5, 0.6) is 5.75 Å². The number of hydrogen-bond acceptors (Lipinski definition) is 2. The van der Waals surface area contributed by atoms with Crippen LogP contribution >= 0.6 is 0 Å². The van der Waals surface area contributed by atoms with E-state index in [1.165, 1.54) is 25.7 Å². The lowest BCUT2D eigenvalue weighted by molar-refractivity contribution is 0.138. The van der Waals surface area contributed by atoms with Crippen molar-refractivity contribution in [2.45, 2.75) is 52.5 Å². The first-order valence-electron chi connectivity index (χ1n) is 8.30. The Morgan fingerprint density at radius 3 is 2.38 bits per heavy atom. The topological polar surface area (TPSA) is 32.6 Å². The lowest BCUT2D eigenvalue weighted by atomic mass is 9.70. The minimum Gasteiger partial charge on any atom is -0.508 e. The van der Waals surface area contributed by atoms with Crippen LogP contribution in [0.15, 0.2) is 29.3 Å². The highest BCUT2D eigenvalue weighted by molar-refractivity contribution is 5.79. The molecule has 1 aromatic carbocycles. The van der Waals surface area contributed by atoms with Gasteiger partial charge in [-0.2, -0.15) is 0 Å². The molecule has 2 nitrogen and oxygen atoms in total. The summed E-state index contributed by atoms with van der Waals surface area (Å²) >= 11 is 0. The Bertz CT molecular complexity index is 513. The van der Waals surface area contributed by atoms with E-state index in [1.54, 1.807) is 12.1 Å². The van der Waals surface area contributed by atoms with Crippen molar-refractivity contribution < 1.29 is 5.11 Å². The Kier molecular flexibility index (Phi) is 3.81. The molecule has 2 fully saturated rings. The zero-order chi connectivity index (χ0) is 15.0. The number of nitrogens with zero attached hydrogens (tertiary/aromatic N) is 1. The van der Waals surface area contributed by atoms with Crippen molar-refractivity contribution >= 4 is 6.21 Å². The monoisotopic (exact) mass is 285 g/mol. The van der Waals surface area contributed by atoms with Gasteiger partial charge in [0, 0.05) is 6.21 Å². The lowest BCUT2D eigenvalue weighted by Gasteiger charge is -2.35. The molecule has 2 saturated carbocycles. The number of benzene rings is 1. The zero-order valence-electron chi connectivity index (χ0n) is 13.4. The Morgan fingerprint density at radius 2 is 1.76 bits per heavy atom. The quantitative estimate of drug-likeness (QED) is 0.802. The molecule has 0 saturated heterocycles. The summed E-state index contributed by atoms with van der Waals surface area (Å²) in [5.74, 6) is 2.75. The van der Waals surface area contributed by atoms with Crippen molar-refractivity contribution in [3.63, 3.8) is 0 Å². The summed E-state index contributed by atoms with van der Waals surface area (Å²) in [5, 5.41) is 9.32. The van der Waals surface area contributed by atoms with Crippen molar-refractivity contribution in [3.8, 4) is 5.75 Å². The highest BCUT2D eigenvalue weighted by Crippen LogP contribution is 2.55. The van der Waals surface area contributed by atoms with Crippen LogP contribution in [0.1, 0.15) is 52.0 Å². The van der Waals surface area contributed by atoms with Gasteiger partial charge in [-0.05, 0) is 78.7 Å². The van der Waals surface area contributed by atoms with Crippen molar-refractivity contribution in [3.05, 3.63) is 29.8 Å². The van der Waals surface area contributed by atoms with Crippen molar-refractivity contribution in [2.75, 3.05) is 0 Å². The second kappa shape index (κ2) is 5.47. The van der Waals surface area contributed by atoms with E-state index in [1.807, 2.05) is 18.3 Å². The molecule has 21 heavy (non-hydrogen) atoms. The van der Waals surface area contributed by atoms with E-state index >= 15 is 0 Å². The third-order valence-corrected chi connectivity index (χ3v) is 5.91. The maximum Gasteiger partial charge on any atom is 0.115 e. The molecule has 0 aromatic heterocycles. The first kappa shape index (κ1) is 14.6. The molecular formula is C19H27NO. The van der Waals surface area contributed by atoms with Gasteiger partial charge in [-0.15, -0.1) is 0 Å². The molecule has 3 rings (SSSR count). The Hall–Kier alpha value is -1.31. The molecule has 3 atom stereocenters. The Balaban J connectivity index is 1.66. The van der Waals surface area contributed by atoms with Crippen molar-refractivity contribution in [2.24, 2.45) is 28.2 Å². The maximum absolute atomic E-state index is 9.32. The predicted octanol–water partition coefficient (Wildman–Crippen LogP) is 4.66. The van der Waals surface area contributed by atoms with Gasteiger partial charge in [0.2, 0.25) is 0 Å². The average molecular weight is 285 g/mol. The largest absolute Gasteiger partial charge is 0.508 e. The van der Waals surface area contributed by atoms with Crippen LogP contribution in [0.3, 0.4) is 0 Å². The fraction of sp³-hybridized carbons (Fsp3) is 0.632. The normalized spacial score (nSPS) is 30.1. The van der Waals surface area contributed by atoms with Gasteiger partial charge in [0.15, 0.2) is 0 Å². The molecule has 0 spiro atoms. The SMILES string of the molecule is CC1C(N=Cc2ccc(O)cc2)CCC1C(C)(C)C1CC1. The van der Waals surface area contributed by atoms with E-state index in [4.69, 9.17) is 4.99 Å². The van der Waals surface area contributed by atoms with Crippen molar-refractivity contribution in [1.29, 1.82) is 0 Å². The highest BCUT2D eigenvalue weighted by atomic mass is 16.3. The predicted molar refractivity (Wildman–Crippen MR) is 87.9 cm³/mol. The van der Waals surface area contributed by atoms with Crippen LogP contribution in [-0.4, -0.2) is 17.4 Å². The third-order valence-electron chi connectivity index (χ3n) is 5.91. The molecule has 1 N–H and O–H groups in total. The number of phenols is 1. The highest BCUT2D eigenvalue weighted by Gasteiger charge is 2.48. The summed E-state index contributed by atoms with van der Waals surface area (Å²) in [4.78, 5) is 4.84. The van der Waals surface area contributed by atoms with E-state index in [9.17, 15) is 5.11 Å². The average Bonchev–Trinajstić information content (AvgIpc) is 3.24. The second-order valence-electron chi connectivity index (χ2n) is 7.58. The van der Waals surface area contributed by atoms with Gasteiger partial charge >= 0.3 is 0 Å². The summed E-state index contributed by atoms with van der Waals surface area (Å²) in [5.41, 5.74) is 1.56. The van der Waals surface area contributed by atoms with Crippen LogP contribution in [0.4, 0.5) is 0 Å². The van der Waals surface area contributed by atoms with Crippen LogP contribution in [-0.2, 0) is 0 Å². The van der Waals surface area contributed by atoms with Gasteiger partial charge in [-0.25, -0.2) is 0 Å². The molecule has 114 valence electrons. The molecule has 3 unspecified atom stereocenters. The molecule has 2 aliphatic rings. The van der Waals surface area contributed by atoms with E-state index in [-0.39, 0.29) is 0 Å². The van der Waals surface area contributed by atoms with Crippen LogP contribution in [0, 0.1) is 23.2 Å². The van der Waals surface area contributed by atoms with E-state index in [2.05, 4.69) is 20.8 Å². The number of aromatic hydroxyl groups is 1. The van der Waals surface area contributed by atoms with Crippen LogP contribution in [0.2, 0.25) is 0 Å². The molecule has 2 aliphatic carbocycles. The second-order valence-corrected chi connectivity index (χ2v) is 7.58. The fourth-order valence-corrected chi connectivity index (χ4v) is 4.28. The van der Waals surface area contributed by atoms with Gasteiger partial charge in [0.1, 0.15) is 5.75 Å². The summed E-state index contributed by atoms with van der Waals surface area (Å²) in [6, 6.07) is 7.74. The summed E-state index contributed by atoms with van der Waals surface area (Å²) in [7, 11) is 0. The Morgan fingerprint density at radius 1 is 1.10 bits per heavy atom. The number of aliphatic imine (C=N–C) groups is 1. The molecule has 1 aromatic rings. The van der Waals surface area contributed by atoms with Crippen molar-refractivity contribution in [1.82, 2.24) is 0 Å². The minimum atomic E-state index is 0.313. The first-order valence-corrected chi connectivity index (χ1v) is 8.30. The standard InChI is InChI=1S/C19H27NO/c1-13-17(19(2,3)15-6-7-15)10-11-18(13)20-12-14-4-8-16(21)9-5-14/h4-5,8-9,12-13,15,17-18,21H,6-7,10-11H2,1-3H3. The van der Waals surface area contributed by atoms with Gasteiger partial charge in [-0.3, -0.25) is 4.99 Å². The summed E-state index contributed by atoms with van der Waals surface area (Å²) in [6.45, 7) is 7.33.